The van der Waals surface area contributed by atoms with Gasteiger partial charge < -0.3 is 15.4 Å². The fourth-order valence-electron chi connectivity index (χ4n) is 3.50. The first-order chi connectivity index (χ1) is 13.6. The molecule has 1 aliphatic rings. The lowest BCUT2D eigenvalue weighted by atomic mass is 9.91. The Balaban J connectivity index is 1.70. The van der Waals surface area contributed by atoms with Crippen LogP contribution in [-0.4, -0.2) is 33.7 Å². The smallest absolute Gasteiger partial charge is 0.407 e. The first-order valence-electron chi connectivity index (χ1n) is 9.61. The number of alkyl carbamates (subject to hydrolysis) is 1. The number of pyridine rings is 1. The molecule has 9 heteroatoms. The van der Waals surface area contributed by atoms with E-state index in [4.69, 9.17) is 4.74 Å². The molecule has 8 nitrogen and oxygen atoms in total. The van der Waals surface area contributed by atoms with Crippen molar-refractivity contribution < 1.29 is 14.5 Å². The van der Waals surface area contributed by atoms with Crippen molar-refractivity contribution >= 4 is 44.3 Å². The Morgan fingerprint density at radius 2 is 1.90 bits per heavy atom. The molecule has 1 aromatic heterocycles. The van der Waals surface area contributed by atoms with Gasteiger partial charge in [0.1, 0.15) is 17.5 Å². The number of carbonyl (C=O) groups is 1. The van der Waals surface area contributed by atoms with Gasteiger partial charge in [-0.25, -0.2) is 9.78 Å². The number of amides is 1. The predicted molar refractivity (Wildman–Crippen MR) is 115 cm³/mol. The number of benzene rings is 1. The number of ether oxygens (including phenoxy) is 1. The largest absolute Gasteiger partial charge is 0.444 e. The van der Waals surface area contributed by atoms with Crippen molar-refractivity contribution in [3.8, 4) is 0 Å². The van der Waals surface area contributed by atoms with Crippen molar-refractivity contribution in [1.29, 1.82) is 0 Å². The summed E-state index contributed by atoms with van der Waals surface area (Å²) in [5.74, 6) is 0. The number of carbonyl (C=O) groups excluding carboxylic acids is 1. The summed E-state index contributed by atoms with van der Waals surface area (Å²) in [7, 11) is 0. The van der Waals surface area contributed by atoms with E-state index in [1.165, 1.54) is 6.20 Å². The molecule has 2 aromatic rings. The van der Waals surface area contributed by atoms with Gasteiger partial charge in [-0.1, -0.05) is 15.9 Å². The molecule has 0 bridgehead atoms. The summed E-state index contributed by atoms with van der Waals surface area (Å²) in [6.07, 6.45) is 4.02. The van der Waals surface area contributed by atoms with Crippen LogP contribution >= 0.6 is 15.9 Å². The van der Waals surface area contributed by atoms with Crippen LogP contribution in [0.2, 0.25) is 0 Å². The van der Waals surface area contributed by atoms with Crippen LogP contribution in [0.4, 0.5) is 16.2 Å². The van der Waals surface area contributed by atoms with Gasteiger partial charge in [-0.15, -0.1) is 0 Å². The highest BCUT2D eigenvalue weighted by Gasteiger charge is 2.27. The lowest BCUT2D eigenvalue weighted by molar-refractivity contribution is -0.384. The molecule has 29 heavy (non-hydrogen) atoms. The van der Waals surface area contributed by atoms with E-state index in [0.29, 0.717) is 16.6 Å². The summed E-state index contributed by atoms with van der Waals surface area (Å²) in [5.41, 5.74) is 0.620. The molecule has 0 atom stereocenters. The fourth-order valence-corrected chi connectivity index (χ4v) is 3.87. The van der Waals surface area contributed by atoms with Crippen molar-refractivity contribution in [3.05, 3.63) is 39.0 Å². The van der Waals surface area contributed by atoms with Gasteiger partial charge in [-0.2, -0.15) is 0 Å². The third-order valence-corrected chi connectivity index (χ3v) is 5.30. The van der Waals surface area contributed by atoms with Crippen molar-refractivity contribution in [3.63, 3.8) is 0 Å². The Labute approximate surface area is 177 Å². The maximum Gasteiger partial charge on any atom is 0.407 e. The monoisotopic (exact) mass is 464 g/mol. The summed E-state index contributed by atoms with van der Waals surface area (Å²) in [5, 5.41) is 18.5. The molecule has 1 aromatic carbocycles. The molecular formula is C20H25BrN4O4. The number of nitrogens with zero attached hydrogens (tertiary/aromatic N) is 2. The molecule has 0 unspecified atom stereocenters. The average Bonchev–Trinajstić information content (AvgIpc) is 2.62. The van der Waals surface area contributed by atoms with Gasteiger partial charge in [0.25, 0.3) is 0 Å². The number of halogens is 1. The Kier molecular flexibility index (Phi) is 6.26. The molecule has 0 aliphatic heterocycles. The van der Waals surface area contributed by atoms with E-state index in [-0.39, 0.29) is 17.8 Å². The quantitative estimate of drug-likeness (QED) is 0.478. The lowest BCUT2D eigenvalue weighted by Gasteiger charge is -2.31. The second kappa shape index (κ2) is 8.52. The molecular weight excluding hydrogens is 440 g/mol. The van der Waals surface area contributed by atoms with E-state index in [1.54, 1.807) is 0 Å². The number of hydrogen-bond donors (Lipinski definition) is 2. The summed E-state index contributed by atoms with van der Waals surface area (Å²) in [6, 6.07) is 5.65. The van der Waals surface area contributed by atoms with Gasteiger partial charge >= 0.3 is 11.8 Å². The normalized spacial score (nSPS) is 19.6. The van der Waals surface area contributed by atoms with Crippen molar-refractivity contribution in [1.82, 2.24) is 10.3 Å². The van der Waals surface area contributed by atoms with Crippen LogP contribution in [0.5, 0.6) is 0 Å². The third kappa shape index (κ3) is 5.56. The van der Waals surface area contributed by atoms with E-state index < -0.39 is 16.6 Å². The number of hydrogen-bond acceptors (Lipinski definition) is 6. The first-order valence-corrected chi connectivity index (χ1v) is 10.4. The number of nitro groups is 1. The molecule has 0 saturated heterocycles. The van der Waals surface area contributed by atoms with Crippen molar-refractivity contribution in [2.24, 2.45) is 0 Å². The molecule has 1 fully saturated rings. The van der Waals surface area contributed by atoms with E-state index in [1.807, 2.05) is 39.0 Å². The van der Waals surface area contributed by atoms with Crippen LogP contribution in [0.3, 0.4) is 0 Å². The molecule has 2 N–H and O–H groups in total. The highest BCUT2D eigenvalue weighted by Crippen LogP contribution is 2.35. The minimum absolute atomic E-state index is 0.0374. The van der Waals surface area contributed by atoms with E-state index >= 15 is 0 Å². The maximum atomic E-state index is 12.0. The van der Waals surface area contributed by atoms with Crippen LogP contribution in [0.25, 0.3) is 10.9 Å². The van der Waals surface area contributed by atoms with Crippen molar-refractivity contribution in [2.75, 3.05) is 5.32 Å². The molecule has 3 rings (SSSR count). The number of anilines is 1. The van der Waals surface area contributed by atoms with Crippen LogP contribution in [0, 0.1) is 10.1 Å². The summed E-state index contributed by atoms with van der Waals surface area (Å²) in [6.45, 7) is 5.49. The van der Waals surface area contributed by atoms with Gasteiger partial charge in [0.15, 0.2) is 0 Å². The summed E-state index contributed by atoms with van der Waals surface area (Å²) in [4.78, 5) is 27.3. The van der Waals surface area contributed by atoms with E-state index in [0.717, 1.165) is 30.2 Å². The van der Waals surface area contributed by atoms with Gasteiger partial charge in [0.05, 0.1) is 10.4 Å². The second-order valence-electron chi connectivity index (χ2n) is 8.28. The summed E-state index contributed by atoms with van der Waals surface area (Å²) >= 11 is 3.43. The molecule has 1 aliphatic carbocycles. The zero-order valence-electron chi connectivity index (χ0n) is 16.7. The Bertz CT molecular complexity index is 921. The third-order valence-electron chi connectivity index (χ3n) is 4.80. The van der Waals surface area contributed by atoms with E-state index in [9.17, 15) is 14.9 Å². The number of fused-ring (bicyclic) bond motifs is 1. The molecule has 156 valence electrons. The predicted octanol–water partition coefficient (Wildman–Crippen LogP) is 5.15. The lowest BCUT2D eigenvalue weighted by Crippen LogP contribution is -2.42. The number of aromatic nitrogens is 1. The van der Waals surface area contributed by atoms with Crippen LogP contribution in [-0.2, 0) is 4.74 Å². The minimum atomic E-state index is -0.529. The zero-order valence-corrected chi connectivity index (χ0v) is 18.3. The standard InChI is InChI=1S/C20H25BrN4O4/c1-20(2,3)29-19(26)24-14-7-5-13(6-8-14)23-18-15-10-12(21)4-9-16(15)22-11-17(18)25(27)28/h4,9-11,13-14H,5-8H2,1-3H3,(H,22,23)(H,24,26)/t13-,14+. The van der Waals surface area contributed by atoms with Crippen LogP contribution in [0.15, 0.2) is 28.9 Å². The number of nitrogens with one attached hydrogen (secondary N) is 2. The van der Waals surface area contributed by atoms with Crippen molar-refractivity contribution in [2.45, 2.75) is 64.1 Å². The SMILES string of the molecule is CC(C)(C)OC(=O)N[C@H]1CC[C@@H](Nc2c([N+](=O)[O-])cnc3ccc(Br)cc23)CC1. The van der Waals surface area contributed by atoms with Crippen LogP contribution < -0.4 is 10.6 Å². The van der Waals surface area contributed by atoms with E-state index in [2.05, 4.69) is 31.5 Å². The minimum Gasteiger partial charge on any atom is -0.444 e. The highest BCUT2D eigenvalue weighted by atomic mass is 79.9. The molecule has 0 spiro atoms. The van der Waals surface area contributed by atoms with Gasteiger partial charge in [0, 0.05) is 21.9 Å². The zero-order chi connectivity index (χ0) is 21.2. The van der Waals surface area contributed by atoms with Gasteiger partial charge in [0.2, 0.25) is 0 Å². The molecule has 1 heterocycles. The molecule has 1 saturated carbocycles. The topological polar surface area (TPSA) is 106 Å². The Morgan fingerprint density at radius 1 is 1.24 bits per heavy atom. The fraction of sp³-hybridized carbons (Fsp3) is 0.500. The molecule has 0 radical (unpaired) electrons. The van der Waals surface area contributed by atoms with Gasteiger partial charge in [-0.3, -0.25) is 10.1 Å². The van der Waals surface area contributed by atoms with Gasteiger partial charge in [-0.05, 0) is 64.7 Å². The van der Waals surface area contributed by atoms with Crippen LogP contribution in [0.1, 0.15) is 46.5 Å². The average molecular weight is 465 g/mol. The Morgan fingerprint density at radius 3 is 2.52 bits per heavy atom. The molecule has 1 amide bonds. The first kappa shape index (κ1) is 21.3. The Hall–Kier alpha value is -2.42. The number of rotatable bonds is 4. The second-order valence-corrected chi connectivity index (χ2v) is 9.19. The summed E-state index contributed by atoms with van der Waals surface area (Å²) < 4.78 is 6.15. The maximum absolute atomic E-state index is 12.0. The highest BCUT2D eigenvalue weighted by molar-refractivity contribution is 9.10.